The summed E-state index contributed by atoms with van der Waals surface area (Å²) >= 11 is 5.85. The average molecular weight is 286 g/mol. The third-order valence-corrected chi connectivity index (χ3v) is 2.94. The molecular weight excluding hydrogens is 274 g/mol. The zero-order valence-electron chi connectivity index (χ0n) is 10.6. The van der Waals surface area contributed by atoms with E-state index in [4.69, 9.17) is 22.6 Å². The first kappa shape index (κ1) is 13.9. The van der Waals surface area contributed by atoms with Gasteiger partial charge in [-0.15, -0.1) is 0 Å². The number of amides is 1. The molecule has 0 aliphatic rings. The van der Waals surface area contributed by atoms with Gasteiger partial charge in [-0.05, 0) is 35.9 Å². The van der Waals surface area contributed by atoms with E-state index in [-0.39, 0.29) is 5.91 Å². The molecule has 0 aliphatic carbocycles. The summed E-state index contributed by atoms with van der Waals surface area (Å²) in [7, 11) is 0. The van der Waals surface area contributed by atoms with Crippen LogP contribution in [0.3, 0.4) is 0 Å². The van der Waals surface area contributed by atoms with Crippen LogP contribution in [-0.2, 0) is 6.54 Å². The van der Waals surface area contributed by atoms with E-state index in [1.807, 2.05) is 6.07 Å². The number of nitrogens with two attached hydrogens (primary N) is 1. The fourth-order valence-electron chi connectivity index (χ4n) is 1.72. The van der Waals surface area contributed by atoms with Gasteiger partial charge in [0.2, 0.25) is 0 Å². The molecule has 0 radical (unpaired) electrons. The van der Waals surface area contributed by atoms with Crippen molar-refractivity contribution in [1.82, 2.24) is 5.32 Å². The SMILES string of the molecule is N#Cc1ccc(CNC(=O)c2cc(N)cc(Cl)c2)cc1. The molecule has 0 unspecified atom stereocenters. The Labute approximate surface area is 121 Å². The van der Waals surface area contributed by atoms with Gasteiger partial charge in [-0.25, -0.2) is 0 Å². The minimum atomic E-state index is -0.247. The molecule has 2 aromatic carbocycles. The molecule has 0 saturated heterocycles. The Bertz CT molecular complexity index is 654. The molecule has 100 valence electrons. The highest BCUT2D eigenvalue weighted by Crippen LogP contribution is 2.16. The smallest absolute Gasteiger partial charge is 0.251 e. The Kier molecular flexibility index (Phi) is 4.24. The molecule has 0 saturated carbocycles. The number of nitrogen functional groups attached to an aromatic ring is 1. The van der Waals surface area contributed by atoms with Gasteiger partial charge in [0.15, 0.2) is 0 Å². The summed E-state index contributed by atoms with van der Waals surface area (Å²) in [5.41, 5.74) is 8.00. The number of anilines is 1. The van der Waals surface area contributed by atoms with Crippen LogP contribution in [0.2, 0.25) is 5.02 Å². The van der Waals surface area contributed by atoms with Crippen molar-refractivity contribution in [3.8, 4) is 6.07 Å². The molecule has 0 aliphatic heterocycles. The number of carbonyl (C=O) groups excluding carboxylic acids is 1. The fourth-order valence-corrected chi connectivity index (χ4v) is 1.97. The second-order valence-electron chi connectivity index (χ2n) is 4.26. The van der Waals surface area contributed by atoms with E-state index in [1.54, 1.807) is 42.5 Å². The normalized spacial score (nSPS) is 9.80. The third kappa shape index (κ3) is 3.50. The molecule has 0 bridgehead atoms. The second-order valence-corrected chi connectivity index (χ2v) is 4.70. The van der Waals surface area contributed by atoms with Crippen molar-refractivity contribution >= 4 is 23.2 Å². The van der Waals surface area contributed by atoms with Crippen LogP contribution in [0, 0.1) is 11.3 Å². The van der Waals surface area contributed by atoms with Crippen molar-refractivity contribution in [2.24, 2.45) is 0 Å². The third-order valence-electron chi connectivity index (χ3n) is 2.72. The number of carbonyl (C=O) groups is 1. The maximum atomic E-state index is 12.0. The van der Waals surface area contributed by atoms with E-state index >= 15 is 0 Å². The summed E-state index contributed by atoms with van der Waals surface area (Å²) in [5.74, 6) is -0.247. The largest absolute Gasteiger partial charge is 0.399 e. The molecule has 1 amide bonds. The molecular formula is C15H12ClN3O. The monoisotopic (exact) mass is 285 g/mol. The quantitative estimate of drug-likeness (QED) is 0.851. The molecule has 2 aromatic rings. The maximum absolute atomic E-state index is 12.0. The number of nitriles is 1. The summed E-state index contributed by atoms with van der Waals surface area (Å²) < 4.78 is 0. The Balaban J connectivity index is 2.02. The molecule has 5 heteroatoms. The first-order chi connectivity index (χ1) is 9.58. The van der Waals surface area contributed by atoms with E-state index in [0.29, 0.717) is 28.4 Å². The lowest BCUT2D eigenvalue weighted by Crippen LogP contribution is -2.22. The highest BCUT2D eigenvalue weighted by Gasteiger charge is 2.07. The number of rotatable bonds is 3. The molecule has 4 nitrogen and oxygen atoms in total. The first-order valence-electron chi connectivity index (χ1n) is 5.92. The minimum Gasteiger partial charge on any atom is -0.399 e. The van der Waals surface area contributed by atoms with E-state index in [1.165, 1.54) is 0 Å². The Morgan fingerprint density at radius 1 is 1.25 bits per heavy atom. The molecule has 3 N–H and O–H groups in total. The van der Waals surface area contributed by atoms with Crippen molar-refractivity contribution < 1.29 is 4.79 Å². The van der Waals surface area contributed by atoms with Crippen LogP contribution in [0.5, 0.6) is 0 Å². The number of halogens is 1. The lowest BCUT2D eigenvalue weighted by molar-refractivity contribution is 0.0951. The van der Waals surface area contributed by atoms with Gasteiger partial charge in [-0.3, -0.25) is 4.79 Å². The van der Waals surface area contributed by atoms with Crippen molar-refractivity contribution in [3.05, 3.63) is 64.2 Å². The van der Waals surface area contributed by atoms with E-state index in [9.17, 15) is 4.79 Å². The Morgan fingerprint density at radius 2 is 1.95 bits per heavy atom. The second kappa shape index (κ2) is 6.09. The molecule has 2 rings (SSSR count). The molecule has 0 aromatic heterocycles. The summed E-state index contributed by atoms with van der Waals surface area (Å²) in [5, 5.41) is 11.9. The molecule has 0 spiro atoms. The van der Waals surface area contributed by atoms with Gasteiger partial charge in [0, 0.05) is 22.8 Å². The number of hydrogen-bond donors (Lipinski definition) is 2. The van der Waals surface area contributed by atoms with E-state index in [0.717, 1.165) is 5.56 Å². The van der Waals surface area contributed by atoms with E-state index < -0.39 is 0 Å². The van der Waals surface area contributed by atoms with Crippen LogP contribution in [0.15, 0.2) is 42.5 Å². The number of benzene rings is 2. The Morgan fingerprint density at radius 3 is 2.55 bits per heavy atom. The first-order valence-corrected chi connectivity index (χ1v) is 6.29. The molecule has 0 fully saturated rings. The summed E-state index contributed by atoms with van der Waals surface area (Å²) in [6, 6.07) is 13.8. The van der Waals surface area contributed by atoms with Crippen molar-refractivity contribution in [1.29, 1.82) is 5.26 Å². The van der Waals surface area contributed by atoms with Crippen LogP contribution >= 0.6 is 11.6 Å². The minimum absolute atomic E-state index is 0.247. The van der Waals surface area contributed by atoms with Gasteiger partial charge >= 0.3 is 0 Å². The van der Waals surface area contributed by atoms with Crippen LogP contribution in [0.4, 0.5) is 5.69 Å². The molecule has 0 atom stereocenters. The summed E-state index contributed by atoms with van der Waals surface area (Å²) in [6.07, 6.45) is 0. The van der Waals surface area contributed by atoms with Gasteiger partial charge in [0.05, 0.1) is 11.6 Å². The van der Waals surface area contributed by atoms with Gasteiger partial charge in [-0.2, -0.15) is 5.26 Å². The lowest BCUT2D eigenvalue weighted by Gasteiger charge is -2.07. The number of nitrogens with one attached hydrogen (secondary N) is 1. The van der Waals surface area contributed by atoms with Crippen LogP contribution in [0.25, 0.3) is 0 Å². The van der Waals surface area contributed by atoms with Gasteiger partial charge in [-0.1, -0.05) is 23.7 Å². The zero-order chi connectivity index (χ0) is 14.5. The fraction of sp³-hybridized carbons (Fsp3) is 0.0667. The maximum Gasteiger partial charge on any atom is 0.251 e. The van der Waals surface area contributed by atoms with Crippen molar-refractivity contribution in [2.45, 2.75) is 6.54 Å². The van der Waals surface area contributed by atoms with Crippen molar-refractivity contribution in [3.63, 3.8) is 0 Å². The average Bonchev–Trinajstić information content (AvgIpc) is 2.44. The van der Waals surface area contributed by atoms with Crippen LogP contribution in [-0.4, -0.2) is 5.91 Å². The van der Waals surface area contributed by atoms with E-state index in [2.05, 4.69) is 5.32 Å². The summed E-state index contributed by atoms with van der Waals surface area (Å²) in [6.45, 7) is 0.372. The number of hydrogen-bond acceptors (Lipinski definition) is 3. The zero-order valence-corrected chi connectivity index (χ0v) is 11.3. The number of nitrogens with zero attached hydrogens (tertiary/aromatic N) is 1. The topological polar surface area (TPSA) is 78.9 Å². The highest BCUT2D eigenvalue weighted by molar-refractivity contribution is 6.31. The van der Waals surface area contributed by atoms with Gasteiger partial charge in [0.25, 0.3) is 5.91 Å². The predicted octanol–water partition coefficient (Wildman–Crippen LogP) is 2.72. The van der Waals surface area contributed by atoms with Crippen LogP contribution in [0.1, 0.15) is 21.5 Å². The van der Waals surface area contributed by atoms with Gasteiger partial charge < -0.3 is 11.1 Å². The van der Waals surface area contributed by atoms with Gasteiger partial charge in [0.1, 0.15) is 0 Å². The highest BCUT2D eigenvalue weighted by atomic mass is 35.5. The lowest BCUT2D eigenvalue weighted by atomic mass is 10.1. The standard InChI is InChI=1S/C15H12ClN3O/c16-13-5-12(6-14(18)7-13)15(20)19-9-11-3-1-10(8-17)2-4-11/h1-7H,9,18H2,(H,19,20). The predicted molar refractivity (Wildman–Crippen MR) is 78.2 cm³/mol. The van der Waals surface area contributed by atoms with Crippen molar-refractivity contribution in [2.75, 3.05) is 5.73 Å². The summed E-state index contributed by atoms with van der Waals surface area (Å²) in [4.78, 5) is 12.0. The Hall–Kier alpha value is -2.51. The molecule has 20 heavy (non-hydrogen) atoms. The van der Waals surface area contributed by atoms with Crippen LogP contribution < -0.4 is 11.1 Å². The molecule has 0 heterocycles.